The van der Waals surface area contributed by atoms with Gasteiger partial charge in [0, 0.05) is 6.20 Å². The molecule has 0 fully saturated rings. The fourth-order valence-electron chi connectivity index (χ4n) is 2.00. The monoisotopic (exact) mass is 294 g/mol. The molecule has 104 valence electrons. The number of aromatic nitrogens is 1. The molecule has 0 spiro atoms. The van der Waals surface area contributed by atoms with Gasteiger partial charge in [-0.3, -0.25) is 9.78 Å². The number of rotatable bonds is 4. The Morgan fingerprint density at radius 1 is 1.05 bits per heavy atom. The van der Waals surface area contributed by atoms with Crippen LogP contribution in [0.15, 0.2) is 66.2 Å². The molecule has 0 saturated heterocycles. The van der Waals surface area contributed by atoms with Gasteiger partial charge in [0.05, 0.1) is 17.1 Å². The van der Waals surface area contributed by atoms with E-state index in [9.17, 15) is 4.79 Å². The number of nitrogens with one attached hydrogen (secondary N) is 1. The maximum Gasteiger partial charge on any atom is 0.261 e. The minimum atomic E-state index is -0.0622. The molecule has 0 saturated carbocycles. The van der Waals surface area contributed by atoms with Crippen LogP contribution in [0.1, 0.15) is 15.4 Å². The minimum Gasteiger partial charge on any atom is -0.346 e. The topological polar surface area (TPSA) is 42.0 Å². The molecule has 0 bridgehead atoms. The van der Waals surface area contributed by atoms with Crippen LogP contribution in [-0.4, -0.2) is 10.9 Å². The van der Waals surface area contributed by atoms with E-state index < -0.39 is 0 Å². The Balaban J connectivity index is 1.67. The summed E-state index contributed by atoms with van der Waals surface area (Å²) in [4.78, 5) is 17.0. The predicted molar refractivity (Wildman–Crippen MR) is 85.2 cm³/mol. The Kier molecular flexibility index (Phi) is 4.07. The van der Waals surface area contributed by atoms with E-state index in [1.807, 2.05) is 60.0 Å². The Labute approximate surface area is 127 Å². The van der Waals surface area contributed by atoms with Gasteiger partial charge in [-0.25, -0.2) is 0 Å². The van der Waals surface area contributed by atoms with Gasteiger partial charge in [-0.05, 0) is 34.7 Å². The molecule has 2 aromatic heterocycles. The number of benzene rings is 1. The first kappa shape index (κ1) is 13.5. The fraction of sp³-hybridized carbons (Fsp3) is 0.0588. The van der Waals surface area contributed by atoms with Crippen LogP contribution in [-0.2, 0) is 6.54 Å². The van der Waals surface area contributed by atoms with Crippen molar-refractivity contribution in [3.05, 3.63) is 76.7 Å². The van der Waals surface area contributed by atoms with Crippen molar-refractivity contribution in [1.82, 2.24) is 10.3 Å². The Hall–Kier alpha value is -2.46. The van der Waals surface area contributed by atoms with Crippen molar-refractivity contribution in [2.75, 3.05) is 0 Å². The molecular weight excluding hydrogens is 280 g/mol. The summed E-state index contributed by atoms with van der Waals surface area (Å²) in [6.07, 6.45) is 1.72. The second-order valence-corrected chi connectivity index (χ2v) is 5.48. The predicted octanol–water partition coefficient (Wildman–Crippen LogP) is 3.74. The molecule has 0 aliphatic rings. The summed E-state index contributed by atoms with van der Waals surface area (Å²) < 4.78 is 0. The Morgan fingerprint density at radius 3 is 2.62 bits per heavy atom. The van der Waals surface area contributed by atoms with Crippen molar-refractivity contribution in [3.63, 3.8) is 0 Å². The number of hydrogen-bond acceptors (Lipinski definition) is 3. The van der Waals surface area contributed by atoms with Gasteiger partial charge >= 0.3 is 0 Å². The molecule has 0 atom stereocenters. The molecule has 3 nitrogen and oxygen atoms in total. The van der Waals surface area contributed by atoms with Gasteiger partial charge in [-0.2, -0.15) is 0 Å². The van der Waals surface area contributed by atoms with Crippen LogP contribution in [0.25, 0.3) is 11.1 Å². The van der Waals surface area contributed by atoms with Gasteiger partial charge in [0.15, 0.2) is 0 Å². The smallest absolute Gasteiger partial charge is 0.261 e. The zero-order valence-electron chi connectivity index (χ0n) is 11.3. The Bertz CT molecular complexity index is 723. The minimum absolute atomic E-state index is 0.0622. The first-order valence-corrected chi connectivity index (χ1v) is 7.53. The third-order valence-electron chi connectivity index (χ3n) is 3.09. The third-order valence-corrected chi connectivity index (χ3v) is 4.02. The van der Waals surface area contributed by atoms with Crippen LogP contribution in [0, 0.1) is 0 Å². The van der Waals surface area contributed by atoms with E-state index in [0.29, 0.717) is 11.4 Å². The number of carbonyl (C=O) groups excluding carboxylic acids is 1. The van der Waals surface area contributed by atoms with Crippen LogP contribution in [0.4, 0.5) is 0 Å². The normalized spacial score (nSPS) is 10.3. The lowest BCUT2D eigenvalue weighted by Crippen LogP contribution is -2.22. The summed E-state index contributed by atoms with van der Waals surface area (Å²) in [6, 6.07) is 17.6. The van der Waals surface area contributed by atoms with E-state index in [-0.39, 0.29) is 5.91 Å². The first-order chi connectivity index (χ1) is 10.3. The van der Waals surface area contributed by atoms with E-state index in [2.05, 4.69) is 10.3 Å². The van der Waals surface area contributed by atoms with Crippen molar-refractivity contribution in [2.24, 2.45) is 0 Å². The van der Waals surface area contributed by atoms with Crippen molar-refractivity contribution in [3.8, 4) is 11.1 Å². The summed E-state index contributed by atoms with van der Waals surface area (Å²) in [5, 5.41) is 4.89. The summed E-state index contributed by atoms with van der Waals surface area (Å²) in [5.41, 5.74) is 3.05. The van der Waals surface area contributed by atoms with Crippen molar-refractivity contribution >= 4 is 17.2 Å². The highest BCUT2D eigenvalue weighted by Gasteiger charge is 2.09. The number of amides is 1. The average molecular weight is 294 g/mol. The van der Waals surface area contributed by atoms with Gasteiger partial charge in [0.25, 0.3) is 5.91 Å². The lowest BCUT2D eigenvalue weighted by atomic mass is 10.1. The standard InChI is InChI=1S/C17H14N2OS/c20-17(19-11-15-8-4-5-9-18-15)16-10-14(12-21-16)13-6-2-1-3-7-13/h1-10,12H,11H2,(H,19,20). The molecule has 4 heteroatoms. The molecule has 21 heavy (non-hydrogen) atoms. The molecule has 3 aromatic rings. The second-order valence-electron chi connectivity index (χ2n) is 4.57. The second kappa shape index (κ2) is 6.33. The van der Waals surface area contributed by atoms with Crippen molar-refractivity contribution in [1.29, 1.82) is 0 Å². The third kappa shape index (κ3) is 3.35. The van der Waals surface area contributed by atoms with Crippen LogP contribution in [0.3, 0.4) is 0 Å². The van der Waals surface area contributed by atoms with Gasteiger partial charge in [-0.1, -0.05) is 36.4 Å². The van der Waals surface area contributed by atoms with E-state index in [0.717, 1.165) is 16.8 Å². The number of hydrogen-bond donors (Lipinski definition) is 1. The maximum absolute atomic E-state index is 12.1. The quantitative estimate of drug-likeness (QED) is 0.796. The van der Waals surface area contributed by atoms with Crippen LogP contribution in [0.2, 0.25) is 0 Å². The number of thiophene rings is 1. The summed E-state index contributed by atoms with van der Waals surface area (Å²) in [7, 11) is 0. The molecule has 0 aliphatic carbocycles. The largest absolute Gasteiger partial charge is 0.346 e. The van der Waals surface area contributed by atoms with E-state index in [1.54, 1.807) is 6.20 Å². The summed E-state index contributed by atoms with van der Waals surface area (Å²) in [5.74, 6) is -0.0622. The number of pyridine rings is 1. The molecule has 2 heterocycles. The highest BCUT2D eigenvalue weighted by atomic mass is 32.1. The highest BCUT2D eigenvalue weighted by Crippen LogP contribution is 2.25. The van der Waals surface area contributed by atoms with Crippen LogP contribution >= 0.6 is 11.3 Å². The fourth-order valence-corrected chi connectivity index (χ4v) is 2.83. The molecule has 0 unspecified atom stereocenters. The van der Waals surface area contributed by atoms with Crippen LogP contribution < -0.4 is 5.32 Å². The van der Waals surface area contributed by atoms with Gasteiger partial charge in [0.1, 0.15) is 0 Å². The van der Waals surface area contributed by atoms with E-state index in [1.165, 1.54) is 11.3 Å². The van der Waals surface area contributed by atoms with E-state index >= 15 is 0 Å². The molecule has 1 amide bonds. The molecule has 0 radical (unpaired) electrons. The Morgan fingerprint density at radius 2 is 1.86 bits per heavy atom. The SMILES string of the molecule is O=C(NCc1ccccn1)c1cc(-c2ccccc2)cs1. The number of nitrogens with zero attached hydrogens (tertiary/aromatic N) is 1. The van der Waals surface area contributed by atoms with Gasteiger partial charge < -0.3 is 5.32 Å². The zero-order chi connectivity index (χ0) is 14.5. The highest BCUT2D eigenvalue weighted by molar-refractivity contribution is 7.12. The van der Waals surface area contributed by atoms with Crippen LogP contribution in [0.5, 0.6) is 0 Å². The zero-order valence-corrected chi connectivity index (χ0v) is 12.1. The number of carbonyl (C=O) groups is 1. The van der Waals surface area contributed by atoms with Crippen molar-refractivity contribution in [2.45, 2.75) is 6.54 Å². The first-order valence-electron chi connectivity index (χ1n) is 6.65. The van der Waals surface area contributed by atoms with E-state index in [4.69, 9.17) is 0 Å². The molecule has 0 aliphatic heterocycles. The van der Waals surface area contributed by atoms with Gasteiger partial charge in [-0.15, -0.1) is 11.3 Å². The summed E-state index contributed by atoms with van der Waals surface area (Å²) >= 11 is 1.46. The molecular formula is C17H14N2OS. The summed E-state index contributed by atoms with van der Waals surface area (Å²) in [6.45, 7) is 0.443. The van der Waals surface area contributed by atoms with Crippen molar-refractivity contribution < 1.29 is 4.79 Å². The average Bonchev–Trinajstić information content (AvgIpc) is 3.04. The maximum atomic E-state index is 12.1. The molecule has 3 rings (SSSR count). The molecule has 1 aromatic carbocycles. The molecule has 1 N–H and O–H groups in total. The lowest BCUT2D eigenvalue weighted by molar-refractivity contribution is 0.0954. The lowest BCUT2D eigenvalue weighted by Gasteiger charge is -2.02. The van der Waals surface area contributed by atoms with Gasteiger partial charge in [0.2, 0.25) is 0 Å².